The van der Waals surface area contributed by atoms with Gasteiger partial charge in [-0.25, -0.2) is 0 Å². The van der Waals surface area contributed by atoms with Crippen LogP contribution in [0.4, 0.5) is 0 Å². The van der Waals surface area contributed by atoms with Gasteiger partial charge in [0.2, 0.25) is 0 Å². The van der Waals surface area contributed by atoms with Gasteiger partial charge in [0, 0.05) is 38.8 Å². The number of nitrogens with zero attached hydrogens (tertiary/aromatic N) is 2. The van der Waals surface area contributed by atoms with Crippen LogP contribution in [0, 0.1) is 0 Å². The average molecular weight is 286 g/mol. The molecule has 0 aliphatic carbocycles. The molecule has 2 saturated heterocycles. The number of hydrogen-bond acceptors (Lipinski definition) is 4. The largest absolute Gasteiger partial charge is 0.472 e. The van der Waals surface area contributed by atoms with E-state index in [0.29, 0.717) is 11.6 Å². The Morgan fingerprint density at radius 1 is 1.32 bits per heavy atom. The maximum Gasteiger partial charge on any atom is 0.257 e. The standard InChI is InChI=1S/C13H19N3O2.ClH/c17-13(11-2-8-18-10-11)16-6-4-15(5-7-16)12-1-3-14-9-12;/h2,8,10,12,14H,1,3-7,9H2;1H. The molecule has 0 radical (unpaired) electrons. The first-order valence-corrected chi connectivity index (χ1v) is 6.61. The topological polar surface area (TPSA) is 48.7 Å². The van der Waals surface area contributed by atoms with Crippen molar-refractivity contribution in [3.63, 3.8) is 0 Å². The van der Waals surface area contributed by atoms with Crippen LogP contribution in [-0.4, -0.2) is 61.0 Å². The minimum Gasteiger partial charge on any atom is -0.472 e. The molecule has 0 bridgehead atoms. The number of carbonyl (C=O) groups excluding carboxylic acids is 1. The molecule has 1 amide bonds. The molecule has 5 nitrogen and oxygen atoms in total. The fourth-order valence-electron chi connectivity index (χ4n) is 2.81. The highest BCUT2D eigenvalue weighted by molar-refractivity contribution is 5.93. The van der Waals surface area contributed by atoms with Crippen molar-refractivity contribution in [1.29, 1.82) is 0 Å². The predicted octanol–water partition coefficient (Wildman–Crippen LogP) is 0.821. The van der Waals surface area contributed by atoms with Gasteiger partial charge in [-0.1, -0.05) is 0 Å². The van der Waals surface area contributed by atoms with E-state index in [1.807, 2.05) is 4.90 Å². The van der Waals surface area contributed by atoms with Gasteiger partial charge < -0.3 is 14.6 Å². The van der Waals surface area contributed by atoms with E-state index in [1.54, 1.807) is 12.3 Å². The molecule has 2 fully saturated rings. The van der Waals surface area contributed by atoms with Crippen LogP contribution in [-0.2, 0) is 0 Å². The first kappa shape index (κ1) is 14.4. The molecular formula is C13H20ClN3O2. The molecule has 6 heteroatoms. The quantitative estimate of drug-likeness (QED) is 0.874. The number of hydrogen-bond donors (Lipinski definition) is 1. The van der Waals surface area contributed by atoms with Crippen molar-refractivity contribution in [2.45, 2.75) is 12.5 Å². The highest BCUT2D eigenvalue weighted by Crippen LogP contribution is 2.14. The molecule has 106 valence electrons. The second-order valence-corrected chi connectivity index (χ2v) is 4.99. The van der Waals surface area contributed by atoms with Crippen molar-refractivity contribution in [3.05, 3.63) is 24.2 Å². The summed E-state index contributed by atoms with van der Waals surface area (Å²) in [5, 5.41) is 3.39. The average Bonchev–Trinajstić information content (AvgIpc) is 3.11. The summed E-state index contributed by atoms with van der Waals surface area (Å²) in [4.78, 5) is 16.5. The molecule has 0 saturated carbocycles. The molecule has 1 unspecified atom stereocenters. The van der Waals surface area contributed by atoms with Gasteiger partial charge in [0.1, 0.15) is 6.26 Å². The first-order chi connectivity index (χ1) is 8.84. The Morgan fingerprint density at radius 3 is 2.68 bits per heavy atom. The normalized spacial score (nSPS) is 24.2. The molecule has 2 aliphatic rings. The molecule has 1 atom stereocenters. The maximum atomic E-state index is 12.1. The molecule has 3 heterocycles. The van der Waals surface area contributed by atoms with Crippen molar-refractivity contribution in [3.8, 4) is 0 Å². The highest BCUT2D eigenvalue weighted by atomic mass is 35.5. The van der Waals surface area contributed by atoms with Gasteiger partial charge in [-0.2, -0.15) is 0 Å². The van der Waals surface area contributed by atoms with Crippen molar-refractivity contribution in [1.82, 2.24) is 15.1 Å². The summed E-state index contributed by atoms with van der Waals surface area (Å²) in [6.45, 7) is 5.82. The Hall–Kier alpha value is -1.04. The minimum atomic E-state index is 0. The lowest BCUT2D eigenvalue weighted by Crippen LogP contribution is -2.52. The van der Waals surface area contributed by atoms with Crippen LogP contribution in [0.25, 0.3) is 0 Å². The van der Waals surface area contributed by atoms with Crippen LogP contribution in [0.5, 0.6) is 0 Å². The Balaban J connectivity index is 0.00000133. The van der Waals surface area contributed by atoms with Crippen LogP contribution < -0.4 is 5.32 Å². The van der Waals surface area contributed by atoms with Crippen molar-refractivity contribution >= 4 is 18.3 Å². The molecule has 0 aromatic carbocycles. The summed E-state index contributed by atoms with van der Waals surface area (Å²) < 4.78 is 4.96. The van der Waals surface area contributed by atoms with Crippen molar-refractivity contribution < 1.29 is 9.21 Å². The fourth-order valence-corrected chi connectivity index (χ4v) is 2.81. The van der Waals surface area contributed by atoms with Crippen LogP contribution in [0.2, 0.25) is 0 Å². The number of amides is 1. The lowest BCUT2D eigenvalue weighted by atomic mass is 10.1. The number of rotatable bonds is 2. The van der Waals surface area contributed by atoms with E-state index >= 15 is 0 Å². The van der Waals surface area contributed by atoms with Crippen LogP contribution >= 0.6 is 12.4 Å². The third-order valence-corrected chi connectivity index (χ3v) is 3.92. The number of piperazine rings is 1. The number of halogens is 1. The van der Waals surface area contributed by atoms with Crippen LogP contribution in [0.3, 0.4) is 0 Å². The van der Waals surface area contributed by atoms with E-state index in [2.05, 4.69) is 10.2 Å². The number of furan rings is 1. The Labute approximate surface area is 119 Å². The molecule has 1 N–H and O–H groups in total. The Morgan fingerprint density at radius 2 is 2.11 bits per heavy atom. The van der Waals surface area contributed by atoms with E-state index in [4.69, 9.17) is 4.42 Å². The van der Waals surface area contributed by atoms with Crippen LogP contribution in [0.15, 0.2) is 23.0 Å². The summed E-state index contributed by atoms with van der Waals surface area (Å²) in [7, 11) is 0. The second kappa shape index (κ2) is 6.41. The number of carbonyl (C=O) groups is 1. The van der Waals surface area contributed by atoms with E-state index in [1.165, 1.54) is 12.7 Å². The van der Waals surface area contributed by atoms with Gasteiger partial charge in [-0.3, -0.25) is 9.69 Å². The van der Waals surface area contributed by atoms with Crippen LogP contribution in [0.1, 0.15) is 16.8 Å². The monoisotopic (exact) mass is 285 g/mol. The highest BCUT2D eigenvalue weighted by Gasteiger charge is 2.28. The minimum absolute atomic E-state index is 0. The van der Waals surface area contributed by atoms with Gasteiger partial charge in [0.05, 0.1) is 11.8 Å². The Kier molecular flexibility index (Phi) is 4.85. The maximum absolute atomic E-state index is 12.1. The number of nitrogens with one attached hydrogen (secondary N) is 1. The zero-order valence-electron chi connectivity index (χ0n) is 10.9. The predicted molar refractivity (Wildman–Crippen MR) is 74.7 cm³/mol. The van der Waals surface area contributed by atoms with Gasteiger partial charge >= 0.3 is 0 Å². The zero-order valence-corrected chi connectivity index (χ0v) is 11.7. The van der Waals surface area contributed by atoms with Crippen molar-refractivity contribution in [2.75, 3.05) is 39.3 Å². The van der Waals surface area contributed by atoms with Gasteiger partial charge in [-0.15, -0.1) is 12.4 Å². The molecule has 3 rings (SSSR count). The van der Waals surface area contributed by atoms with E-state index in [0.717, 1.165) is 39.3 Å². The molecule has 1 aromatic heterocycles. The van der Waals surface area contributed by atoms with E-state index in [9.17, 15) is 4.79 Å². The smallest absolute Gasteiger partial charge is 0.257 e. The summed E-state index contributed by atoms with van der Waals surface area (Å²) in [6, 6.07) is 2.39. The summed E-state index contributed by atoms with van der Waals surface area (Å²) in [5.41, 5.74) is 0.658. The third-order valence-electron chi connectivity index (χ3n) is 3.92. The SMILES string of the molecule is Cl.O=C(c1ccoc1)N1CCN(C2CCNC2)CC1. The second-order valence-electron chi connectivity index (χ2n) is 4.99. The lowest BCUT2D eigenvalue weighted by molar-refractivity contribution is 0.0583. The summed E-state index contributed by atoms with van der Waals surface area (Å²) in [6.07, 6.45) is 4.30. The van der Waals surface area contributed by atoms with Gasteiger partial charge in [0.15, 0.2) is 0 Å². The molecule has 1 aromatic rings. The Bertz CT molecular complexity index is 396. The fraction of sp³-hybridized carbons (Fsp3) is 0.615. The molecule has 0 spiro atoms. The zero-order chi connectivity index (χ0) is 12.4. The lowest BCUT2D eigenvalue weighted by Gasteiger charge is -2.37. The van der Waals surface area contributed by atoms with Crippen molar-refractivity contribution in [2.24, 2.45) is 0 Å². The molecule has 2 aliphatic heterocycles. The summed E-state index contributed by atoms with van der Waals surface area (Å²) >= 11 is 0. The van der Waals surface area contributed by atoms with E-state index in [-0.39, 0.29) is 18.3 Å². The van der Waals surface area contributed by atoms with Gasteiger partial charge in [0.25, 0.3) is 5.91 Å². The molecular weight excluding hydrogens is 266 g/mol. The van der Waals surface area contributed by atoms with E-state index < -0.39 is 0 Å². The first-order valence-electron chi connectivity index (χ1n) is 6.61. The third kappa shape index (κ3) is 3.11. The van der Waals surface area contributed by atoms with Gasteiger partial charge in [-0.05, 0) is 19.0 Å². The summed E-state index contributed by atoms with van der Waals surface area (Å²) in [5.74, 6) is 0.0907. The molecule has 19 heavy (non-hydrogen) atoms.